The van der Waals surface area contributed by atoms with Gasteiger partial charge in [0.2, 0.25) is 0 Å². The average Bonchev–Trinajstić information content (AvgIpc) is 2.64. The number of carbonyl (C=O) groups excluding carboxylic acids is 1. The first-order valence-electron chi connectivity index (χ1n) is 11.0. The number of nitrogens with one attached hydrogen (secondary N) is 1. The van der Waals surface area contributed by atoms with Gasteiger partial charge in [-0.25, -0.2) is 4.79 Å². The summed E-state index contributed by atoms with van der Waals surface area (Å²) in [6.07, 6.45) is 9.21. The summed E-state index contributed by atoms with van der Waals surface area (Å²) >= 11 is 0. The lowest BCUT2D eigenvalue weighted by Gasteiger charge is -2.19. The van der Waals surface area contributed by atoms with Crippen LogP contribution in [0.3, 0.4) is 0 Å². The highest BCUT2D eigenvalue weighted by Crippen LogP contribution is 2.15. The summed E-state index contributed by atoms with van der Waals surface area (Å²) in [6, 6.07) is 6.71. The van der Waals surface area contributed by atoms with Crippen molar-refractivity contribution in [1.82, 2.24) is 5.32 Å². The van der Waals surface area contributed by atoms with E-state index in [4.69, 9.17) is 8.92 Å². The van der Waals surface area contributed by atoms with Gasteiger partial charge in [0.15, 0.2) is 0 Å². The van der Waals surface area contributed by atoms with E-state index in [0.29, 0.717) is 6.54 Å². The van der Waals surface area contributed by atoms with Crippen LogP contribution in [-0.4, -0.2) is 33.3 Å². The Morgan fingerprint density at radius 1 is 0.867 bits per heavy atom. The van der Waals surface area contributed by atoms with E-state index >= 15 is 0 Å². The molecule has 1 aromatic carbocycles. The van der Waals surface area contributed by atoms with Crippen molar-refractivity contribution in [2.24, 2.45) is 0 Å². The summed E-state index contributed by atoms with van der Waals surface area (Å²) in [7, 11) is -3.64. The Kier molecular flexibility index (Phi) is 12.0. The van der Waals surface area contributed by atoms with Crippen LogP contribution in [0, 0.1) is 6.92 Å². The van der Waals surface area contributed by atoms with E-state index in [2.05, 4.69) is 5.32 Å². The number of ether oxygens (including phenoxy) is 1. The van der Waals surface area contributed by atoms with Crippen LogP contribution < -0.4 is 5.32 Å². The average molecular weight is 442 g/mol. The van der Waals surface area contributed by atoms with Crippen LogP contribution >= 0.6 is 0 Å². The van der Waals surface area contributed by atoms with Crippen LogP contribution in [0.4, 0.5) is 4.79 Å². The van der Waals surface area contributed by atoms with Crippen LogP contribution in [-0.2, 0) is 19.0 Å². The van der Waals surface area contributed by atoms with E-state index < -0.39 is 15.7 Å². The minimum Gasteiger partial charge on any atom is -0.444 e. The highest BCUT2D eigenvalue weighted by molar-refractivity contribution is 7.86. The summed E-state index contributed by atoms with van der Waals surface area (Å²) < 4.78 is 34.4. The molecule has 172 valence electrons. The molecule has 7 heteroatoms. The number of aryl methyl sites for hydroxylation is 1. The van der Waals surface area contributed by atoms with Gasteiger partial charge in [0, 0.05) is 6.54 Å². The lowest BCUT2D eigenvalue weighted by Crippen LogP contribution is -2.32. The molecule has 0 bridgehead atoms. The molecule has 0 heterocycles. The molecule has 1 amide bonds. The van der Waals surface area contributed by atoms with E-state index in [1.165, 1.54) is 12.8 Å². The highest BCUT2D eigenvalue weighted by atomic mass is 32.2. The van der Waals surface area contributed by atoms with Crippen LogP contribution in [0.15, 0.2) is 29.2 Å². The molecule has 1 rings (SSSR count). The summed E-state index contributed by atoms with van der Waals surface area (Å²) in [4.78, 5) is 11.7. The fraction of sp³-hybridized carbons (Fsp3) is 0.696. The zero-order valence-electron chi connectivity index (χ0n) is 19.0. The molecule has 1 aromatic rings. The third kappa shape index (κ3) is 12.9. The van der Waals surface area contributed by atoms with E-state index in [1.807, 2.05) is 27.7 Å². The second-order valence-electron chi connectivity index (χ2n) is 8.70. The van der Waals surface area contributed by atoms with Gasteiger partial charge >= 0.3 is 6.09 Å². The third-order valence-corrected chi connectivity index (χ3v) is 5.86. The lowest BCUT2D eigenvalue weighted by atomic mass is 10.1. The standard InChI is InChI=1S/C23H39NO5S/c1-20-14-16-21(17-15-20)30(26,27)28-19-13-11-9-7-5-6-8-10-12-18-24-22(25)29-23(2,3)4/h14-17H,5-13,18-19H2,1-4H3,(H,24,25). The molecule has 0 saturated carbocycles. The molecule has 0 atom stereocenters. The molecule has 0 radical (unpaired) electrons. The Morgan fingerprint density at radius 2 is 1.37 bits per heavy atom. The van der Waals surface area contributed by atoms with Gasteiger partial charge in [-0.3, -0.25) is 4.18 Å². The molecule has 0 fully saturated rings. The Balaban J connectivity index is 1.93. The normalized spacial score (nSPS) is 12.0. The lowest BCUT2D eigenvalue weighted by molar-refractivity contribution is 0.0527. The SMILES string of the molecule is Cc1ccc(S(=O)(=O)OCCCCCCCCCCCNC(=O)OC(C)(C)C)cc1. The first-order valence-corrected chi connectivity index (χ1v) is 12.4. The molecular formula is C23H39NO5S. The number of benzene rings is 1. The Morgan fingerprint density at radius 3 is 1.90 bits per heavy atom. The quantitative estimate of drug-likeness (QED) is 0.294. The van der Waals surface area contributed by atoms with E-state index in [1.54, 1.807) is 24.3 Å². The fourth-order valence-corrected chi connectivity index (χ4v) is 3.85. The maximum atomic E-state index is 12.1. The van der Waals surface area contributed by atoms with Gasteiger partial charge in [-0.2, -0.15) is 8.42 Å². The molecule has 1 N–H and O–H groups in total. The smallest absolute Gasteiger partial charge is 0.407 e. The Hall–Kier alpha value is -1.60. The van der Waals surface area contributed by atoms with E-state index in [9.17, 15) is 13.2 Å². The van der Waals surface area contributed by atoms with Gasteiger partial charge in [0.25, 0.3) is 10.1 Å². The molecule has 0 aliphatic heterocycles. The number of amides is 1. The number of rotatable bonds is 14. The van der Waals surface area contributed by atoms with Crippen molar-refractivity contribution in [3.05, 3.63) is 29.8 Å². The highest BCUT2D eigenvalue weighted by Gasteiger charge is 2.15. The van der Waals surface area contributed by atoms with Gasteiger partial charge in [-0.1, -0.05) is 62.6 Å². The van der Waals surface area contributed by atoms with Gasteiger partial charge < -0.3 is 10.1 Å². The van der Waals surface area contributed by atoms with E-state index in [0.717, 1.165) is 50.5 Å². The zero-order valence-corrected chi connectivity index (χ0v) is 19.9. The van der Waals surface area contributed by atoms with Crippen LogP contribution in [0.25, 0.3) is 0 Å². The maximum absolute atomic E-state index is 12.1. The van der Waals surface area contributed by atoms with Crippen molar-refractivity contribution >= 4 is 16.2 Å². The van der Waals surface area contributed by atoms with Crippen molar-refractivity contribution in [3.8, 4) is 0 Å². The molecular weight excluding hydrogens is 402 g/mol. The maximum Gasteiger partial charge on any atom is 0.407 e. The van der Waals surface area contributed by atoms with Gasteiger partial charge in [0.1, 0.15) is 5.60 Å². The fourth-order valence-electron chi connectivity index (χ4n) is 2.91. The molecule has 0 aliphatic carbocycles. The number of alkyl carbamates (subject to hydrolysis) is 1. The van der Waals surface area contributed by atoms with Crippen molar-refractivity contribution in [3.63, 3.8) is 0 Å². The number of carbonyl (C=O) groups is 1. The monoisotopic (exact) mass is 441 g/mol. The minimum absolute atomic E-state index is 0.217. The Bertz CT molecular complexity index is 708. The predicted molar refractivity (Wildman–Crippen MR) is 120 cm³/mol. The second-order valence-corrected chi connectivity index (χ2v) is 10.3. The first-order chi connectivity index (χ1) is 14.1. The predicted octanol–water partition coefficient (Wildman–Crippen LogP) is 5.74. The number of unbranched alkanes of at least 4 members (excludes halogenated alkanes) is 8. The van der Waals surface area contributed by atoms with E-state index in [-0.39, 0.29) is 17.6 Å². The second kappa shape index (κ2) is 13.7. The minimum atomic E-state index is -3.64. The topological polar surface area (TPSA) is 81.7 Å². The van der Waals surface area contributed by atoms with Gasteiger partial charge in [-0.15, -0.1) is 0 Å². The Labute approximate surface area is 182 Å². The summed E-state index contributed by atoms with van der Waals surface area (Å²) in [5.41, 5.74) is 0.567. The van der Waals surface area contributed by atoms with Crippen LogP contribution in [0.5, 0.6) is 0 Å². The molecule has 0 spiro atoms. The molecule has 0 unspecified atom stereocenters. The molecule has 0 aliphatic rings. The largest absolute Gasteiger partial charge is 0.444 e. The van der Waals surface area contributed by atoms with Crippen molar-refractivity contribution in [1.29, 1.82) is 0 Å². The zero-order chi connectivity index (χ0) is 22.5. The number of hydrogen-bond acceptors (Lipinski definition) is 5. The summed E-state index contributed by atoms with van der Waals surface area (Å²) in [5.74, 6) is 0. The van der Waals surface area contributed by atoms with Gasteiger partial charge in [0.05, 0.1) is 11.5 Å². The summed E-state index contributed by atoms with van der Waals surface area (Å²) in [5, 5.41) is 2.78. The third-order valence-electron chi connectivity index (χ3n) is 4.54. The first kappa shape index (κ1) is 26.4. The molecule has 30 heavy (non-hydrogen) atoms. The summed E-state index contributed by atoms with van der Waals surface area (Å²) in [6.45, 7) is 8.37. The molecule has 0 saturated heterocycles. The molecule has 6 nitrogen and oxygen atoms in total. The van der Waals surface area contributed by atoms with Crippen LogP contribution in [0.1, 0.15) is 84.1 Å². The number of hydrogen-bond donors (Lipinski definition) is 1. The van der Waals surface area contributed by atoms with Crippen LogP contribution in [0.2, 0.25) is 0 Å². The molecule has 0 aromatic heterocycles. The van der Waals surface area contributed by atoms with Crippen molar-refractivity contribution < 1.29 is 22.1 Å². The van der Waals surface area contributed by atoms with Crippen molar-refractivity contribution in [2.75, 3.05) is 13.2 Å². The van der Waals surface area contributed by atoms with Crippen molar-refractivity contribution in [2.45, 2.75) is 96.0 Å². The van der Waals surface area contributed by atoms with Gasteiger partial charge in [-0.05, 0) is 52.7 Å².